The van der Waals surface area contributed by atoms with Gasteiger partial charge < -0.3 is 0 Å². The summed E-state index contributed by atoms with van der Waals surface area (Å²) < 4.78 is 0. The molecule has 0 radical (unpaired) electrons. The summed E-state index contributed by atoms with van der Waals surface area (Å²) in [5.41, 5.74) is 1.71. The Morgan fingerprint density at radius 2 is 2.00 bits per heavy atom. The summed E-state index contributed by atoms with van der Waals surface area (Å²) in [5.74, 6) is 0. The highest BCUT2D eigenvalue weighted by Crippen LogP contribution is 2.29. The van der Waals surface area contributed by atoms with Gasteiger partial charge in [-0.1, -0.05) is 38.0 Å². The summed E-state index contributed by atoms with van der Waals surface area (Å²) in [6.45, 7) is 12.7. The maximum absolute atomic E-state index is 3.90. The minimum absolute atomic E-state index is 0.312. The second-order valence-electron chi connectivity index (χ2n) is 4.09. The van der Waals surface area contributed by atoms with Gasteiger partial charge in [0.15, 0.2) is 0 Å². The minimum atomic E-state index is 0.312. The highest BCUT2D eigenvalue weighted by atomic mass is 14.2. The van der Waals surface area contributed by atoms with Crippen molar-refractivity contribution >= 4 is 0 Å². The van der Waals surface area contributed by atoms with E-state index in [9.17, 15) is 0 Å². The van der Waals surface area contributed by atoms with E-state index in [4.69, 9.17) is 0 Å². The summed E-state index contributed by atoms with van der Waals surface area (Å²) in [5, 5.41) is 0. The van der Waals surface area contributed by atoms with E-state index in [2.05, 4.69) is 46.4 Å². The Balaban J connectivity index is 4.14. The predicted molar refractivity (Wildman–Crippen MR) is 57.3 cm³/mol. The first kappa shape index (κ1) is 11.5. The van der Waals surface area contributed by atoms with Crippen molar-refractivity contribution in [2.24, 2.45) is 5.41 Å². The molecule has 0 aromatic heterocycles. The third-order valence-corrected chi connectivity index (χ3v) is 2.29. The molecular weight excluding hydrogens is 144 g/mol. The minimum Gasteiger partial charge on any atom is -0.103 e. The van der Waals surface area contributed by atoms with Gasteiger partial charge in [0.1, 0.15) is 0 Å². The van der Waals surface area contributed by atoms with Crippen molar-refractivity contribution in [3.63, 3.8) is 0 Å². The molecule has 0 aromatic rings. The second kappa shape index (κ2) is 5.18. The molecule has 70 valence electrons. The molecule has 0 heteroatoms. The van der Waals surface area contributed by atoms with Gasteiger partial charge in [-0.25, -0.2) is 0 Å². The lowest BCUT2D eigenvalue weighted by molar-refractivity contribution is 0.392. The molecule has 1 unspecified atom stereocenters. The van der Waals surface area contributed by atoms with Crippen LogP contribution >= 0.6 is 0 Å². The Hall–Kier alpha value is -0.520. The number of hydrogen-bond donors (Lipinski definition) is 0. The highest BCUT2D eigenvalue weighted by molar-refractivity contribution is 5.01. The largest absolute Gasteiger partial charge is 0.103 e. The Morgan fingerprint density at radius 1 is 1.42 bits per heavy atom. The van der Waals surface area contributed by atoms with Crippen LogP contribution in [-0.2, 0) is 0 Å². The van der Waals surface area contributed by atoms with Crippen LogP contribution < -0.4 is 0 Å². The molecule has 0 amide bonds. The molecule has 0 rings (SSSR count). The van der Waals surface area contributed by atoms with Gasteiger partial charge >= 0.3 is 0 Å². The molecule has 0 aliphatic carbocycles. The van der Waals surface area contributed by atoms with Crippen molar-refractivity contribution in [1.29, 1.82) is 0 Å². The fourth-order valence-corrected chi connectivity index (χ4v) is 1.30. The molecule has 0 aliphatic heterocycles. The zero-order chi connectivity index (χ0) is 9.61. The van der Waals surface area contributed by atoms with Crippen molar-refractivity contribution in [3.05, 3.63) is 24.3 Å². The van der Waals surface area contributed by atoms with Gasteiger partial charge in [-0.05, 0) is 32.1 Å². The van der Waals surface area contributed by atoms with E-state index < -0.39 is 0 Å². The summed E-state index contributed by atoms with van der Waals surface area (Å²) in [4.78, 5) is 0. The van der Waals surface area contributed by atoms with E-state index >= 15 is 0 Å². The molecule has 0 fully saturated rings. The quantitative estimate of drug-likeness (QED) is 0.533. The molecule has 0 spiro atoms. The summed E-state index contributed by atoms with van der Waals surface area (Å²) in [7, 11) is 0. The monoisotopic (exact) mass is 166 g/mol. The lowest BCUT2D eigenvalue weighted by Gasteiger charge is -2.23. The Morgan fingerprint density at radius 3 is 2.33 bits per heavy atom. The lowest BCUT2D eigenvalue weighted by atomic mass is 9.82. The molecule has 0 heterocycles. The summed E-state index contributed by atoms with van der Waals surface area (Å²) in [6, 6.07) is 0. The fourth-order valence-electron chi connectivity index (χ4n) is 1.30. The normalized spacial score (nSPS) is 15.0. The molecule has 12 heavy (non-hydrogen) atoms. The maximum Gasteiger partial charge on any atom is -0.0115 e. The van der Waals surface area contributed by atoms with E-state index in [1.807, 2.05) is 0 Å². The van der Waals surface area contributed by atoms with Gasteiger partial charge in [0.2, 0.25) is 0 Å². The molecule has 0 nitrogen and oxygen atoms in total. The van der Waals surface area contributed by atoms with Crippen LogP contribution in [0.1, 0.15) is 47.0 Å². The maximum atomic E-state index is 3.90. The van der Waals surface area contributed by atoms with Gasteiger partial charge in [0, 0.05) is 0 Å². The van der Waals surface area contributed by atoms with Gasteiger partial charge in [-0.15, -0.1) is 6.58 Å². The van der Waals surface area contributed by atoms with Crippen molar-refractivity contribution in [2.75, 3.05) is 0 Å². The van der Waals surface area contributed by atoms with Crippen molar-refractivity contribution < 1.29 is 0 Å². The first-order valence-corrected chi connectivity index (χ1v) is 4.81. The summed E-state index contributed by atoms with van der Waals surface area (Å²) in [6.07, 6.45) is 8.00. The smallest absolute Gasteiger partial charge is 0.0115 e. The van der Waals surface area contributed by atoms with Crippen LogP contribution in [-0.4, -0.2) is 0 Å². The zero-order valence-electron chi connectivity index (χ0n) is 8.98. The average Bonchev–Trinajstić information content (AvgIpc) is 2.02. The van der Waals surface area contributed by atoms with Gasteiger partial charge in [-0.3, -0.25) is 0 Å². The van der Waals surface area contributed by atoms with Crippen LogP contribution in [0.25, 0.3) is 0 Å². The molecule has 0 aromatic carbocycles. The van der Waals surface area contributed by atoms with E-state index in [0.29, 0.717) is 5.41 Å². The van der Waals surface area contributed by atoms with Gasteiger partial charge in [0.25, 0.3) is 0 Å². The van der Waals surface area contributed by atoms with Crippen LogP contribution in [0.15, 0.2) is 24.3 Å². The summed E-state index contributed by atoms with van der Waals surface area (Å²) >= 11 is 0. The molecule has 1 atom stereocenters. The van der Waals surface area contributed by atoms with E-state index in [-0.39, 0.29) is 0 Å². The Bertz CT molecular complexity index is 161. The lowest BCUT2D eigenvalue weighted by Crippen LogP contribution is -2.10. The first-order chi connectivity index (χ1) is 5.54. The number of allylic oxidation sites excluding steroid dienone is 3. The van der Waals surface area contributed by atoms with Crippen molar-refractivity contribution in [1.82, 2.24) is 0 Å². The standard InChI is InChI=1S/C12H22/c1-6-9-12(5,7-2)10-8-11(3)4/h7-8H,2,6,9-10H2,1,3-5H3. The molecule has 0 saturated heterocycles. The Labute approximate surface area is 77.4 Å². The number of rotatable bonds is 5. The highest BCUT2D eigenvalue weighted by Gasteiger charge is 2.16. The van der Waals surface area contributed by atoms with E-state index in [1.54, 1.807) is 0 Å². The fraction of sp³-hybridized carbons (Fsp3) is 0.667. The SMILES string of the molecule is C=CC(C)(CC=C(C)C)CCC. The average molecular weight is 166 g/mol. The second-order valence-corrected chi connectivity index (χ2v) is 4.09. The molecule has 0 bridgehead atoms. The van der Waals surface area contributed by atoms with Crippen LogP contribution in [0.2, 0.25) is 0 Å². The molecule has 0 saturated carbocycles. The van der Waals surface area contributed by atoms with Crippen LogP contribution in [0.3, 0.4) is 0 Å². The number of hydrogen-bond acceptors (Lipinski definition) is 0. The third kappa shape index (κ3) is 4.38. The topological polar surface area (TPSA) is 0 Å². The van der Waals surface area contributed by atoms with Gasteiger partial charge in [0.05, 0.1) is 0 Å². The van der Waals surface area contributed by atoms with E-state index in [1.165, 1.54) is 18.4 Å². The van der Waals surface area contributed by atoms with E-state index in [0.717, 1.165) is 6.42 Å². The van der Waals surface area contributed by atoms with Crippen LogP contribution in [0.4, 0.5) is 0 Å². The third-order valence-electron chi connectivity index (χ3n) is 2.29. The zero-order valence-corrected chi connectivity index (χ0v) is 8.98. The Kier molecular flexibility index (Phi) is 4.96. The van der Waals surface area contributed by atoms with Crippen molar-refractivity contribution in [2.45, 2.75) is 47.0 Å². The molecular formula is C12H22. The molecule has 0 aliphatic rings. The van der Waals surface area contributed by atoms with Gasteiger partial charge in [-0.2, -0.15) is 0 Å². The van der Waals surface area contributed by atoms with Crippen LogP contribution in [0.5, 0.6) is 0 Å². The molecule has 0 N–H and O–H groups in total. The van der Waals surface area contributed by atoms with Crippen molar-refractivity contribution in [3.8, 4) is 0 Å². The predicted octanol–water partition coefficient (Wildman–Crippen LogP) is 4.34. The van der Waals surface area contributed by atoms with Crippen LogP contribution in [0, 0.1) is 5.41 Å². The first-order valence-electron chi connectivity index (χ1n) is 4.81.